The lowest BCUT2D eigenvalue weighted by atomic mass is 10.1. The molecule has 4 aromatic rings. The maximum Gasteiger partial charge on any atom is 0.270 e. The fourth-order valence-corrected chi connectivity index (χ4v) is 5.11. The zero-order chi connectivity index (χ0) is 24.8. The van der Waals surface area contributed by atoms with E-state index in [1.165, 1.54) is 42.2 Å². The summed E-state index contributed by atoms with van der Waals surface area (Å²) in [7, 11) is 0. The second-order valence-corrected chi connectivity index (χ2v) is 9.49. The molecule has 3 aromatic carbocycles. The van der Waals surface area contributed by atoms with Crippen molar-refractivity contribution in [3.05, 3.63) is 99.9 Å². The summed E-state index contributed by atoms with van der Waals surface area (Å²) < 4.78 is 0. The number of thiazole rings is 1. The molecule has 8 nitrogen and oxygen atoms in total. The Bertz CT molecular complexity index is 1370. The minimum absolute atomic E-state index is 0.0249. The average Bonchev–Trinajstić information content (AvgIpc) is 3.31. The Morgan fingerprint density at radius 1 is 1.00 bits per heavy atom. The lowest BCUT2D eigenvalue weighted by Crippen LogP contribution is -2.19. The maximum absolute atomic E-state index is 13.3. The van der Waals surface area contributed by atoms with Crippen LogP contribution in [0.2, 0.25) is 0 Å². The van der Waals surface area contributed by atoms with Crippen molar-refractivity contribution in [3.63, 3.8) is 0 Å². The van der Waals surface area contributed by atoms with Gasteiger partial charge in [0.2, 0.25) is 11.8 Å². The van der Waals surface area contributed by atoms with Gasteiger partial charge in [0.05, 0.1) is 10.6 Å². The van der Waals surface area contributed by atoms with Gasteiger partial charge in [0.25, 0.3) is 5.69 Å². The number of carbonyl (C=O) groups is 2. The number of nitrogens with zero attached hydrogens (tertiary/aromatic N) is 2. The molecule has 0 aliphatic carbocycles. The Labute approximate surface area is 209 Å². The largest absolute Gasteiger partial charge is 0.326 e. The van der Waals surface area contributed by atoms with Crippen LogP contribution < -0.4 is 10.6 Å². The number of thioether (sulfide) groups is 1. The highest BCUT2D eigenvalue weighted by molar-refractivity contribution is 8.00. The van der Waals surface area contributed by atoms with Gasteiger partial charge in [-0.3, -0.25) is 19.7 Å². The van der Waals surface area contributed by atoms with Crippen LogP contribution in [0.1, 0.15) is 17.7 Å². The zero-order valence-electron chi connectivity index (χ0n) is 18.5. The molecule has 0 saturated heterocycles. The molecule has 0 bridgehead atoms. The Hall–Kier alpha value is -4.02. The normalized spacial score (nSPS) is 11.5. The van der Waals surface area contributed by atoms with E-state index >= 15 is 0 Å². The van der Waals surface area contributed by atoms with Gasteiger partial charge < -0.3 is 10.6 Å². The van der Waals surface area contributed by atoms with Crippen LogP contribution in [0.3, 0.4) is 0 Å². The Kier molecular flexibility index (Phi) is 7.54. The van der Waals surface area contributed by atoms with E-state index in [-0.39, 0.29) is 17.5 Å². The minimum Gasteiger partial charge on any atom is -0.326 e. The minimum atomic E-state index is -0.575. The van der Waals surface area contributed by atoms with E-state index in [1.54, 1.807) is 23.6 Å². The van der Waals surface area contributed by atoms with E-state index in [9.17, 15) is 19.7 Å². The molecular weight excluding hydrogens is 484 g/mol. The lowest BCUT2D eigenvalue weighted by molar-refractivity contribution is -0.384. The summed E-state index contributed by atoms with van der Waals surface area (Å²) in [4.78, 5) is 40.7. The van der Waals surface area contributed by atoms with Crippen LogP contribution in [0.4, 0.5) is 16.5 Å². The molecule has 1 heterocycles. The monoisotopic (exact) mass is 504 g/mol. The third-order valence-corrected chi connectivity index (χ3v) is 6.84. The number of aromatic nitrogens is 1. The molecule has 35 heavy (non-hydrogen) atoms. The van der Waals surface area contributed by atoms with Crippen LogP contribution in [-0.2, 0) is 9.59 Å². The topological polar surface area (TPSA) is 114 Å². The number of hydrogen-bond donors (Lipinski definition) is 2. The molecule has 176 valence electrons. The molecule has 0 aliphatic heterocycles. The van der Waals surface area contributed by atoms with Crippen molar-refractivity contribution in [1.82, 2.24) is 4.98 Å². The van der Waals surface area contributed by atoms with E-state index in [0.717, 1.165) is 10.5 Å². The second-order valence-electron chi connectivity index (χ2n) is 7.45. The number of benzene rings is 3. The van der Waals surface area contributed by atoms with Crippen molar-refractivity contribution in [1.29, 1.82) is 0 Å². The van der Waals surface area contributed by atoms with Crippen LogP contribution in [0.5, 0.6) is 0 Å². The molecule has 0 fully saturated rings. The number of carbonyl (C=O) groups excluding carboxylic acids is 2. The van der Waals surface area contributed by atoms with Crippen LogP contribution in [0.15, 0.2) is 89.1 Å². The Morgan fingerprint density at radius 3 is 2.51 bits per heavy atom. The average molecular weight is 505 g/mol. The number of nitro groups is 1. The van der Waals surface area contributed by atoms with Crippen LogP contribution >= 0.6 is 23.1 Å². The summed E-state index contributed by atoms with van der Waals surface area (Å²) >= 11 is 2.60. The number of nitrogens with one attached hydrogen (secondary N) is 2. The van der Waals surface area contributed by atoms with Crippen molar-refractivity contribution < 1.29 is 14.5 Å². The van der Waals surface area contributed by atoms with E-state index < -0.39 is 10.2 Å². The first kappa shape index (κ1) is 24.1. The molecule has 0 spiro atoms. The summed E-state index contributed by atoms with van der Waals surface area (Å²) in [6.45, 7) is 1.44. The van der Waals surface area contributed by atoms with Crippen molar-refractivity contribution in [3.8, 4) is 11.3 Å². The Balaban J connectivity index is 1.56. The molecule has 1 atom stereocenters. The summed E-state index contributed by atoms with van der Waals surface area (Å²) in [5, 5.41) is 18.3. The molecular formula is C25H20N4O4S2. The number of nitro benzene ring substituents is 1. The van der Waals surface area contributed by atoms with Crippen LogP contribution in [0, 0.1) is 10.1 Å². The van der Waals surface area contributed by atoms with Crippen molar-refractivity contribution in [2.45, 2.75) is 17.1 Å². The summed E-state index contributed by atoms with van der Waals surface area (Å²) in [6, 6.07) is 22.9. The first-order valence-corrected chi connectivity index (χ1v) is 12.3. The maximum atomic E-state index is 13.3. The fourth-order valence-electron chi connectivity index (χ4n) is 3.30. The predicted molar refractivity (Wildman–Crippen MR) is 139 cm³/mol. The van der Waals surface area contributed by atoms with E-state index in [0.29, 0.717) is 22.1 Å². The quantitative estimate of drug-likeness (QED) is 0.169. The summed E-state index contributed by atoms with van der Waals surface area (Å²) in [5.41, 5.74) is 2.58. The molecule has 2 N–H and O–H groups in total. The van der Waals surface area contributed by atoms with E-state index in [4.69, 9.17) is 0 Å². The number of hydrogen-bond acceptors (Lipinski definition) is 7. The first-order chi connectivity index (χ1) is 16.9. The van der Waals surface area contributed by atoms with Crippen LogP contribution in [-0.4, -0.2) is 21.7 Å². The molecule has 0 saturated carbocycles. The van der Waals surface area contributed by atoms with Gasteiger partial charge in [-0.1, -0.05) is 48.5 Å². The van der Waals surface area contributed by atoms with Gasteiger partial charge in [-0.05, 0) is 23.8 Å². The third-order valence-electron chi connectivity index (χ3n) is 4.84. The zero-order valence-corrected chi connectivity index (χ0v) is 20.1. The number of amides is 2. The smallest absolute Gasteiger partial charge is 0.270 e. The van der Waals surface area contributed by atoms with Crippen molar-refractivity contribution in [2.75, 3.05) is 10.6 Å². The predicted octanol–water partition coefficient (Wildman–Crippen LogP) is 6.15. The first-order valence-electron chi connectivity index (χ1n) is 10.5. The molecule has 0 aliphatic rings. The standard InChI is InChI=1S/C25H20N4O4S2/c1-16(30)26-19-10-6-12-21(14-19)35-23(17-7-3-2-4-8-17)24(31)28-25-27-22(15-34-25)18-9-5-11-20(13-18)29(32)33/h2-15,23H,1H3,(H,26,30)(H,27,28,31). The lowest BCUT2D eigenvalue weighted by Gasteiger charge is -2.16. The molecule has 4 rings (SSSR count). The highest BCUT2D eigenvalue weighted by Crippen LogP contribution is 2.37. The number of non-ortho nitro benzene ring substituents is 1. The molecule has 2 amide bonds. The molecule has 1 unspecified atom stereocenters. The fraction of sp³-hybridized carbons (Fsp3) is 0.0800. The van der Waals surface area contributed by atoms with Crippen molar-refractivity contribution in [2.24, 2.45) is 0 Å². The van der Waals surface area contributed by atoms with Gasteiger partial charge in [0.1, 0.15) is 5.25 Å². The van der Waals surface area contributed by atoms with Gasteiger partial charge in [-0.25, -0.2) is 4.98 Å². The Morgan fingerprint density at radius 2 is 1.77 bits per heavy atom. The number of anilines is 2. The van der Waals surface area contributed by atoms with Gasteiger partial charge in [-0.15, -0.1) is 23.1 Å². The van der Waals surface area contributed by atoms with Gasteiger partial charge in [-0.2, -0.15) is 0 Å². The number of rotatable bonds is 8. The van der Waals surface area contributed by atoms with E-state index in [2.05, 4.69) is 15.6 Å². The highest BCUT2D eigenvalue weighted by atomic mass is 32.2. The summed E-state index contributed by atoms with van der Waals surface area (Å²) in [6.07, 6.45) is 0. The van der Waals surface area contributed by atoms with Gasteiger partial charge in [0.15, 0.2) is 5.13 Å². The van der Waals surface area contributed by atoms with Crippen molar-refractivity contribution >= 4 is 51.4 Å². The van der Waals surface area contributed by atoms with Gasteiger partial charge in [0, 0.05) is 40.6 Å². The third kappa shape index (κ3) is 6.31. The highest BCUT2D eigenvalue weighted by Gasteiger charge is 2.23. The molecule has 1 aromatic heterocycles. The van der Waals surface area contributed by atoms with Crippen LogP contribution in [0.25, 0.3) is 11.3 Å². The SMILES string of the molecule is CC(=O)Nc1cccc(SC(C(=O)Nc2nc(-c3cccc([N+](=O)[O-])c3)cs2)c2ccccc2)c1. The van der Waals surface area contributed by atoms with E-state index in [1.807, 2.05) is 48.5 Å². The molecule has 0 radical (unpaired) electrons. The molecule has 10 heteroatoms. The summed E-state index contributed by atoms with van der Waals surface area (Å²) in [5.74, 6) is -0.432. The van der Waals surface area contributed by atoms with Gasteiger partial charge >= 0.3 is 0 Å². The second kappa shape index (κ2) is 10.9.